The Morgan fingerprint density at radius 1 is 1.33 bits per heavy atom. The molecule has 2 fully saturated rings. The van der Waals surface area contributed by atoms with Crippen molar-refractivity contribution in [1.82, 2.24) is 5.32 Å². The summed E-state index contributed by atoms with van der Waals surface area (Å²) in [7, 11) is 0. The van der Waals surface area contributed by atoms with E-state index in [0.29, 0.717) is 11.1 Å². The molecule has 18 heavy (non-hydrogen) atoms. The maximum atomic E-state index is 12.4. The summed E-state index contributed by atoms with van der Waals surface area (Å²) >= 11 is 6.23. The Labute approximate surface area is 112 Å². The van der Waals surface area contributed by atoms with E-state index in [-0.39, 0.29) is 11.9 Å². The van der Waals surface area contributed by atoms with Crippen LogP contribution >= 0.6 is 11.6 Å². The number of nitrogens with zero attached hydrogens (tertiary/aromatic N) is 1. The molecule has 3 nitrogen and oxygen atoms in total. The third-order valence-corrected chi connectivity index (χ3v) is 3.98. The lowest BCUT2D eigenvalue weighted by Gasteiger charge is -2.20. The lowest BCUT2D eigenvalue weighted by Crippen LogP contribution is -2.39. The van der Waals surface area contributed by atoms with Gasteiger partial charge in [-0.2, -0.15) is 0 Å². The second-order valence-electron chi connectivity index (χ2n) is 5.18. The van der Waals surface area contributed by atoms with Crippen molar-refractivity contribution in [3.05, 3.63) is 28.8 Å². The summed E-state index contributed by atoms with van der Waals surface area (Å²) in [6, 6.07) is 6.30. The number of aryl methyl sites for hydroxylation is 1. The van der Waals surface area contributed by atoms with Crippen molar-refractivity contribution >= 4 is 23.2 Å². The van der Waals surface area contributed by atoms with Crippen LogP contribution in [-0.2, 0) is 4.79 Å². The van der Waals surface area contributed by atoms with Crippen LogP contribution in [0.1, 0.15) is 24.8 Å². The van der Waals surface area contributed by atoms with Crippen LogP contribution in [0.5, 0.6) is 0 Å². The van der Waals surface area contributed by atoms with Crippen LogP contribution < -0.4 is 10.2 Å². The maximum absolute atomic E-state index is 12.4. The van der Waals surface area contributed by atoms with Crippen LogP contribution in [0.2, 0.25) is 5.02 Å². The molecule has 1 atom stereocenters. The molecule has 0 radical (unpaired) electrons. The van der Waals surface area contributed by atoms with Crippen molar-refractivity contribution in [3.63, 3.8) is 0 Å². The van der Waals surface area contributed by atoms with Crippen molar-refractivity contribution in [2.75, 3.05) is 11.4 Å². The van der Waals surface area contributed by atoms with Gasteiger partial charge in [0.25, 0.3) is 0 Å². The number of carbonyl (C=O) groups is 1. The number of hydrogen-bond donors (Lipinski definition) is 1. The van der Waals surface area contributed by atoms with Gasteiger partial charge in [0, 0.05) is 12.6 Å². The molecule has 1 N–H and O–H groups in total. The highest BCUT2D eigenvalue weighted by molar-refractivity contribution is 6.34. The van der Waals surface area contributed by atoms with Gasteiger partial charge in [-0.15, -0.1) is 0 Å². The van der Waals surface area contributed by atoms with E-state index in [9.17, 15) is 4.79 Å². The van der Waals surface area contributed by atoms with Crippen molar-refractivity contribution in [2.45, 2.75) is 38.3 Å². The number of rotatable bonds is 3. The van der Waals surface area contributed by atoms with E-state index in [0.717, 1.165) is 24.2 Å². The molecule has 96 valence electrons. The number of halogens is 1. The molecule has 1 heterocycles. The molecular weight excluding hydrogens is 248 g/mol. The Bertz CT molecular complexity index is 464. The fraction of sp³-hybridized carbons (Fsp3) is 0.500. The summed E-state index contributed by atoms with van der Waals surface area (Å²) in [4.78, 5) is 14.2. The Hall–Kier alpha value is -1.06. The van der Waals surface area contributed by atoms with Gasteiger partial charge in [0.15, 0.2) is 0 Å². The highest BCUT2D eigenvalue weighted by Crippen LogP contribution is 2.33. The molecule has 0 aromatic heterocycles. The second-order valence-corrected chi connectivity index (χ2v) is 5.58. The summed E-state index contributed by atoms with van der Waals surface area (Å²) in [5.74, 6) is 0.165. The van der Waals surface area contributed by atoms with E-state index in [2.05, 4.69) is 5.32 Å². The molecule has 1 saturated carbocycles. The standard InChI is InChI=1S/C14H17ClN2O/c1-9-3-2-4-11(15)13(9)17-8-7-12(14(17)18)16-10-5-6-10/h2-4,10,12,16H,5-8H2,1H3. The molecule has 2 aliphatic rings. The summed E-state index contributed by atoms with van der Waals surface area (Å²) < 4.78 is 0. The minimum atomic E-state index is -0.0202. The fourth-order valence-corrected chi connectivity index (χ4v) is 2.88. The quantitative estimate of drug-likeness (QED) is 0.910. The highest BCUT2D eigenvalue weighted by Gasteiger charge is 2.37. The van der Waals surface area contributed by atoms with Crippen LogP contribution in [0.3, 0.4) is 0 Å². The number of amides is 1. The summed E-state index contributed by atoms with van der Waals surface area (Å²) in [5, 5.41) is 4.07. The van der Waals surface area contributed by atoms with Crippen molar-refractivity contribution < 1.29 is 4.79 Å². The van der Waals surface area contributed by atoms with Gasteiger partial charge in [0.05, 0.1) is 16.8 Å². The fourth-order valence-electron chi connectivity index (χ4n) is 2.56. The van der Waals surface area contributed by atoms with E-state index in [1.807, 2.05) is 30.0 Å². The Balaban J connectivity index is 1.82. The molecule has 1 aliphatic carbocycles. The number of nitrogens with one attached hydrogen (secondary N) is 1. The average molecular weight is 265 g/mol. The zero-order chi connectivity index (χ0) is 12.7. The third-order valence-electron chi connectivity index (χ3n) is 3.68. The van der Waals surface area contributed by atoms with Crippen LogP contribution in [0.4, 0.5) is 5.69 Å². The summed E-state index contributed by atoms with van der Waals surface area (Å²) in [5.41, 5.74) is 1.94. The van der Waals surface area contributed by atoms with Gasteiger partial charge in [-0.25, -0.2) is 0 Å². The van der Waals surface area contributed by atoms with Crippen LogP contribution in [0, 0.1) is 6.92 Å². The zero-order valence-corrected chi connectivity index (χ0v) is 11.2. The number of carbonyl (C=O) groups excluding carboxylic acids is 1. The van der Waals surface area contributed by atoms with Crippen LogP contribution in [-0.4, -0.2) is 24.5 Å². The topological polar surface area (TPSA) is 32.3 Å². The van der Waals surface area contributed by atoms with Gasteiger partial charge in [-0.3, -0.25) is 4.79 Å². The first-order chi connectivity index (χ1) is 8.66. The lowest BCUT2D eigenvalue weighted by atomic mass is 10.2. The SMILES string of the molecule is Cc1cccc(Cl)c1N1CCC(NC2CC2)C1=O. The van der Waals surface area contributed by atoms with E-state index in [1.165, 1.54) is 12.8 Å². The van der Waals surface area contributed by atoms with Crippen molar-refractivity contribution in [3.8, 4) is 0 Å². The third kappa shape index (κ3) is 2.13. The number of hydrogen-bond acceptors (Lipinski definition) is 2. The molecule has 1 aromatic carbocycles. The molecule has 1 amide bonds. The Kier molecular flexibility index (Phi) is 3.04. The number of anilines is 1. The second kappa shape index (κ2) is 4.56. The van der Waals surface area contributed by atoms with Gasteiger partial charge >= 0.3 is 0 Å². The van der Waals surface area contributed by atoms with Gasteiger partial charge in [0.1, 0.15) is 0 Å². The van der Waals surface area contributed by atoms with E-state index >= 15 is 0 Å². The first kappa shape index (κ1) is 12.0. The summed E-state index contributed by atoms with van der Waals surface area (Å²) in [6.07, 6.45) is 3.28. The van der Waals surface area contributed by atoms with Crippen LogP contribution in [0.15, 0.2) is 18.2 Å². The molecule has 0 bridgehead atoms. The molecule has 4 heteroatoms. The molecule has 0 spiro atoms. The Morgan fingerprint density at radius 2 is 2.11 bits per heavy atom. The van der Waals surface area contributed by atoms with Crippen molar-refractivity contribution in [2.24, 2.45) is 0 Å². The minimum Gasteiger partial charge on any atom is -0.309 e. The van der Waals surface area contributed by atoms with Gasteiger partial charge < -0.3 is 10.2 Å². The lowest BCUT2D eigenvalue weighted by molar-refractivity contribution is -0.118. The maximum Gasteiger partial charge on any atom is 0.244 e. The van der Waals surface area contributed by atoms with Gasteiger partial charge in [-0.05, 0) is 37.8 Å². The van der Waals surface area contributed by atoms with Gasteiger partial charge in [-0.1, -0.05) is 23.7 Å². The molecule has 3 rings (SSSR count). The monoisotopic (exact) mass is 264 g/mol. The first-order valence-corrected chi connectivity index (χ1v) is 6.87. The largest absolute Gasteiger partial charge is 0.309 e. The van der Waals surface area contributed by atoms with E-state index in [1.54, 1.807) is 0 Å². The zero-order valence-electron chi connectivity index (χ0n) is 10.4. The minimum absolute atomic E-state index is 0.0202. The van der Waals surface area contributed by atoms with E-state index < -0.39 is 0 Å². The molecular formula is C14H17ClN2O. The molecule has 1 aliphatic heterocycles. The molecule has 1 aromatic rings. The summed E-state index contributed by atoms with van der Waals surface area (Å²) in [6.45, 7) is 2.75. The molecule has 1 unspecified atom stereocenters. The normalized spacial score (nSPS) is 23.8. The molecule has 1 saturated heterocycles. The highest BCUT2D eigenvalue weighted by atomic mass is 35.5. The van der Waals surface area contributed by atoms with Crippen molar-refractivity contribution in [1.29, 1.82) is 0 Å². The Morgan fingerprint density at radius 3 is 2.78 bits per heavy atom. The first-order valence-electron chi connectivity index (χ1n) is 6.49. The number of benzene rings is 1. The predicted molar refractivity (Wildman–Crippen MR) is 73.1 cm³/mol. The van der Waals surface area contributed by atoms with E-state index in [4.69, 9.17) is 11.6 Å². The smallest absolute Gasteiger partial charge is 0.244 e. The van der Waals surface area contributed by atoms with Crippen LogP contribution in [0.25, 0.3) is 0 Å². The van der Waals surface area contributed by atoms with Gasteiger partial charge in [0.2, 0.25) is 5.91 Å². The number of para-hydroxylation sites is 1. The average Bonchev–Trinajstić information content (AvgIpc) is 3.07. The predicted octanol–water partition coefficient (Wildman–Crippen LogP) is 2.51.